The fourth-order valence-corrected chi connectivity index (χ4v) is 1.82. The van der Waals surface area contributed by atoms with Gasteiger partial charge in [-0.2, -0.15) is 0 Å². The molecule has 0 aliphatic carbocycles. The molecular weight excluding hydrogens is 250 g/mol. The molecule has 2 rings (SSSR count). The quantitative estimate of drug-likeness (QED) is 0.592. The van der Waals surface area contributed by atoms with E-state index in [2.05, 4.69) is 41.1 Å². The Kier molecular flexibility index (Phi) is 5.53. The van der Waals surface area contributed by atoms with Crippen LogP contribution >= 0.6 is 0 Å². The van der Waals surface area contributed by atoms with Crippen LogP contribution in [0.15, 0.2) is 55.1 Å². The second kappa shape index (κ2) is 7.62. The van der Waals surface area contributed by atoms with Gasteiger partial charge in [0.2, 0.25) is 0 Å². The number of nitrogens with one attached hydrogen (secondary N) is 1. The number of imidazole rings is 1. The van der Waals surface area contributed by atoms with Crippen LogP contribution in [0, 0.1) is 0 Å². The van der Waals surface area contributed by atoms with Gasteiger partial charge in [-0.05, 0) is 24.6 Å². The molecule has 0 bridgehead atoms. The molecule has 0 aliphatic heterocycles. The molecule has 106 valence electrons. The van der Waals surface area contributed by atoms with Gasteiger partial charge >= 0.3 is 0 Å². The summed E-state index contributed by atoms with van der Waals surface area (Å²) < 4.78 is 7.42. The Balaban J connectivity index is 1.70. The van der Waals surface area contributed by atoms with Crippen LogP contribution < -0.4 is 5.32 Å². The molecule has 1 aromatic carbocycles. The van der Waals surface area contributed by atoms with Gasteiger partial charge in [-0.1, -0.05) is 24.3 Å². The molecule has 0 atom stereocenters. The molecule has 0 aliphatic rings. The molecule has 0 saturated heterocycles. The first-order valence-corrected chi connectivity index (χ1v) is 6.76. The largest absolute Gasteiger partial charge is 0.376 e. The summed E-state index contributed by atoms with van der Waals surface area (Å²) in [6, 6.07) is 8.43. The Morgan fingerprint density at radius 1 is 1.35 bits per heavy atom. The van der Waals surface area contributed by atoms with Crippen LogP contribution in [0.4, 0.5) is 0 Å². The first kappa shape index (κ1) is 14.5. The molecule has 0 spiro atoms. The Labute approximate surface area is 120 Å². The zero-order valence-corrected chi connectivity index (χ0v) is 11.9. The van der Waals surface area contributed by atoms with Crippen molar-refractivity contribution in [1.82, 2.24) is 14.9 Å². The lowest BCUT2D eigenvalue weighted by atomic mass is 10.2. The van der Waals surface area contributed by atoms with Gasteiger partial charge in [0.25, 0.3) is 0 Å². The maximum absolute atomic E-state index is 5.43. The zero-order valence-electron chi connectivity index (χ0n) is 11.9. The molecule has 0 fully saturated rings. The molecule has 0 radical (unpaired) electrons. The third-order valence-electron chi connectivity index (χ3n) is 2.84. The number of rotatable bonds is 8. The minimum Gasteiger partial charge on any atom is -0.376 e. The predicted molar refractivity (Wildman–Crippen MR) is 80.9 cm³/mol. The van der Waals surface area contributed by atoms with Crippen molar-refractivity contribution in [2.45, 2.75) is 13.5 Å². The van der Waals surface area contributed by atoms with Crippen molar-refractivity contribution in [3.63, 3.8) is 0 Å². The number of hydrogen-bond acceptors (Lipinski definition) is 3. The third kappa shape index (κ3) is 4.64. The number of benzene rings is 1. The predicted octanol–water partition coefficient (Wildman–Crippen LogP) is 2.55. The minimum absolute atomic E-state index is 0.640. The first-order valence-electron chi connectivity index (χ1n) is 6.76. The summed E-state index contributed by atoms with van der Waals surface area (Å²) in [6.07, 6.45) is 5.51. The fraction of sp³-hybridized carbons (Fsp3) is 0.312. The molecule has 0 saturated carbocycles. The topological polar surface area (TPSA) is 39.1 Å². The smallest absolute Gasteiger partial charge is 0.0991 e. The van der Waals surface area contributed by atoms with E-state index in [0.717, 1.165) is 24.4 Å². The van der Waals surface area contributed by atoms with E-state index >= 15 is 0 Å². The molecule has 2 aromatic rings. The normalized spacial score (nSPS) is 10.7. The summed E-state index contributed by atoms with van der Waals surface area (Å²) in [5.74, 6) is 0. The highest BCUT2D eigenvalue weighted by atomic mass is 16.5. The van der Waals surface area contributed by atoms with Crippen molar-refractivity contribution in [2.75, 3.05) is 19.8 Å². The summed E-state index contributed by atoms with van der Waals surface area (Å²) in [4.78, 5) is 4.04. The van der Waals surface area contributed by atoms with Crippen LogP contribution in [0.3, 0.4) is 0 Å². The molecule has 0 unspecified atom stereocenters. The van der Waals surface area contributed by atoms with Crippen LogP contribution in [-0.4, -0.2) is 29.3 Å². The van der Waals surface area contributed by atoms with Crippen molar-refractivity contribution >= 4 is 0 Å². The molecular formula is C16H21N3O. The van der Waals surface area contributed by atoms with E-state index in [1.165, 1.54) is 5.56 Å². The molecule has 4 heteroatoms. The van der Waals surface area contributed by atoms with Crippen molar-refractivity contribution in [1.29, 1.82) is 0 Å². The Bertz CT molecular complexity index is 517. The summed E-state index contributed by atoms with van der Waals surface area (Å²) in [5.41, 5.74) is 3.44. The molecule has 1 heterocycles. The van der Waals surface area contributed by atoms with Crippen molar-refractivity contribution < 1.29 is 4.74 Å². The van der Waals surface area contributed by atoms with Crippen LogP contribution in [-0.2, 0) is 11.3 Å². The Morgan fingerprint density at radius 3 is 2.80 bits per heavy atom. The second-order valence-electron chi connectivity index (χ2n) is 4.82. The van der Waals surface area contributed by atoms with E-state index in [4.69, 9.17) is 4.74 Å². The summed E-state index contributed by atoms with van der Waals surface area (Å²) >= 11 is 0. The molecule has 20 heavy (non-hydrogen) atoms. The van der Waals surface area contributed by atoms with Gasteiger partial charge in [-0.25, -0.2) is 4.98 Å². The van der Waals surface area contributed by atoms with Crippen LogP contribution in [0.25, 0.3) is 5.69 Å². The molecule has 1 N–H and O–H groups in total. The van der Waals surface area contributed by atoms with Crippen LogP contribution in [0.5, 0.6) is 0 Å². The summed E-state index contributed by atoms with van der Waals surface area (Å²) in [7, 11) is 0. The van der Waals surface area contributed by atoms with Gasteiger partial charge in [-0.15, -0.1) is 0 Å². The molecule has 4 nitrogen and oxygen atoms in total. The van der Waals surface area contributed by atoms with Gasteiger partial charge < -0.3 is 14.6 Å². The zero-order chi connectivity index (χ0) is 14.2. The fourth-order valence-electron chi connectivity index (χ4n) is 1.82. The van der Waals surface area contributed by atoms with Gasteiger partial charge in [-0.3, -0.25) is 0 Å². The van der Waals surface area contributed by atoms with Crippen molar-refractivity contribution in [3.05, 3.63) is 60.7 Å². The lowest BCUT2D eigenvalue weighted by Crippen LogP contribution is -2.19. The lowest BCUT2D eigenvalue weighted by Gasteiger charge is -2.07. The highest BCUT2D eigenvalue weighted by molar-refractivity contribution is 5.34. The lowest BCUT2D eigenvalue weighted by molar-refractivity contribution is 0.158. The average Bonchev–Trinajstić information content (AvgIpc) is 2.97. The number of ether oxygens (including phenoxy) is 1. The van der Waals surface area contributed by atoms with Crippen LogP contribution in [0.1, 0.15) is 12.5 Å². The van der Waals surface area contributed by atoms with E-state index in [1.54, 1.807) is 12.5 Å². The highest BCUT2D eigenvalue weighted by Gasteiger charge is 1.96. The second-order valence-corrected chi connectivity index (χ2v) is 4.82. The number of aromatic nitrogens is 2. The van der Waals surface area contributed by atoms with Gasteiger partial charge in [0.15, 0.2) is 0 Å². The van der Waals surface area contributed by atoms with E-state index in [-0.39, 0.29) is 0 Å². The summed E-state index contributed by atoms with van der Waals surface area (Å²) in [6.45, 7) is 8.81. The Hall–Kier alpha value is -1.91. The van der Waals surface area contributed by atoms with Crippen LogP contribution in [0.2, 0.25) is 0 Å². The van der Waals surface area contributed by atoms with E-state index in [0.29, 0.717) is 13.2 Å². The third-order valence-corrected chi connectivity index (χ3v) is 2.84. The highest BCUT2D eigenvalue weighted by Crippen LogP contribution is 2.08. The first-order chi connectivity index (χ1) is 9.75. The molecule has 1 aromatic heterocycles. The molecule has 0 amide bonds. The van der Waals surface area contributed by atoms with E-state index in [9.17, 15) is 0 Å². The Morgan fingerprint density at radius 2 is 2.15 bits per heavy atom. The maximum atomic E-state index is 5.43. The summed E-state index contributed by atoms with van der Waals surface area (Å²) in [5, 5.41) is 3.36. The number of nitrogens with zero attached hydrogens (tertiary/aromatic N) is 2. The minimum atomic E-state index is 0.640. The monoisotopic (exact) mass is 271 g/mol. The van der Waals surface area contributed by atoms with Gasteiger partial charge in [0.05, 0.1) is 19.5 Å². The van der Waals surface area contributed by atoms with Gasteiger partial charge in [0, 0.05) is 31.2 Å². The SMILES string of the molecule is C=C(C)COCCNCc1ccc(-n2ccnc2)cc1. The van der Waals surface area contributed by atoms with E-state index < -0.39 is 0 Å². The number of hydrogen-bond donors (Lipinski definition) is 1. The maximum Gasteiger partial charge on any atom is 0.0991 e. The average molecular weight is 271 g/mol. The van der Waals surface area contributed by atoms with E-state index in [1.807, 2.05) is 17.7 Å². The van der Waals surface area contributed by atoms with Gasteiger partial charge in [0.1, 0.15) is 0 Å². The van der Waals surface area contributed by atoms with Crippen molar-refractivity contribution in [2.24, 2.45) is 0 Å². The standard InChI is InChI=1S/C16H21N3O/c1-14(2)12-20-10-8-17-11-15-3-5-16(6-4-15)19-9-7-18-13-19/h3-7,9,13,17H,1,8,10-12H2,2H3. The van der Waals surface area contributed by atoms with Crippen molar-refractivity contribution in [3.8, 4) is 5.69 Å².